The number of aliphatic hydroxyl groups excluding tert-OH is 1. The summed E-state index contributed by atoms with van der Waals surface area (Å²) in [7, 11) is 2.04. The quantitative estimate of drug-likeness (QED) is 0.697. The minimum Gasteiger partial charge on any atom is -0.454 e. The highest BCUT2D eigenvalue weighted by molar-refractivity contribution is 5.44. The van der Waals surface area contributed by atoms with Crippen LogP contribution in [-0.2, 0) is 20.1 Å². The summed E-state index contributed by atoms with van der Waals surface area (Å²) in [6, 6.07) is 20.0. The lowest BCUT2D eigenvalue weighted by Crippen LogP contribution is -2.28. The highest BCUT2D eigenvalue weighted by atomic mass is 16.7. The van der Waals surface area contributed by atoms with Crippen LogP contribution in [0.3, 0.4) is 0 Å². The molecule has 1 unspecified atom stereocenters. The van der Waals surface area contributed by atoms with Gasteiger partial charge in [-0.3, -0.25) is 4.90 Å². The number of hydrogen-bond acceptors (Lipinski definition) is 4. The van der Waals surface area contributed by atoms with Crippen LogP contribution in [0, 0.1) is 0 Å². The first kappa shape index (κ1) is 17.6. The Hall–Kier alpha value is -2.76. The predicted octanol–water partition coefficient (Wildman–Crippen LogP) is 3.49. The maximum absolute atomic E-state index is 10.7. The van der Waals surface area contributed by atoms with Gasteiger partial charge in [-0.1, -0.05) is 36.4 Å². The van der Waals surface area contributed by atoms with Gasteiger partial charge in [-0.2, -0.15) is 0 Å². The van der Waals surface area contributed by atoms with Gasteiger partial charge in [0.1, 0.15) is 0 Å². The summed E-state index contributed by atoms with van der Waals surface area (Å²) in [6.45, 7) is 2.29. The van der Waals surface area contributed by atoms with Crippen molar-refractivity contribution in [3.05, 3.63) is 83.7 Å². The largest absolute Gasteiger partial charge is 0.454 e. The molecule has 5 nitrogen and oxygen atoms in total. The van der Waals surface area contributed by atoms with Crippen molar-refractivity contribution in [1.29, 1.82) is 0 Å². The molecule has 0 spiro atoms. The van der Waals surface area contributed by atoms with Crippen LogP contribution in [-0.4, -0.2) is 27.9 Å². The van der Waals surface area contributed by atoms with E-state index < -0.39 is 6.10 Å². The summed E-state index contributed by atoms with van der Waals surface area (Å²) in [4.78, 5) is 2.25. The van der Waals surface area contributed by atoms with E-state index in [-0.39, 0.29) is 6.79 Å². The normalized spacial score (nSPS) is 13.9. The molecule has 1 aliphatic rings. The lowest BCUT2D eigenvalue weighted by atomic mass is 10.1. The Morgan fingerprint density at radius 1 is 1.00 bits per heavy atom. The number of ether oxygens (including phenoxy) is 2. The van der Waals surface area contributed by atoms with E-state index in [1.54, 1.807) is 0 Å². The van der Waals surface area contributed by atoms with Crippen LogP contribution in [0.4, 0.5) is 0 Å². The molecule has 0 saturated carbocycles. The molecule has 27 heavy (non-hydrogen) atoms. The molecule has 0 aliphatic carbocycles. The van der Waals surface area contributed by atoms with Crippen LogP contribution >= 0.6 is 0 Å². The Labute approximate surface area is 159 Å². The second-order valence-corrected chi connectivity index (χ2v) is 6.89. The third-order valence-corrected chi connectivity index (χ3v) is 4.90. The monoisotopic (exact) mass is 364 g/mol. The molecular weight excluding hydrogens is 340 g/mol. The Morgan fingerprint density at radius 3 is 2.59 bits per heavy atom. The standard InChI is InChI=1S/C22H24N2O3/c1-23-11-5-8-19(23)14-24(15-20(25)18-6-3-2-4-7-18)13-17-9-10-21-22(12-17)27-16-26-21/h2-12,20,25H,13-16H2,1H3. The van der Waals surface area contributed by atoms with Gasteiger partial charge in [0.25, 0.3) is 0 Å². The highest BCUT2D eigenvalue weighted by Gasteiger charge is 2.18. The Kier molecular flexibility index (Phi) is 5.14. The molecule has 0 saturated heterocycles. The van der Waals surface area contributed by atoms with Crippen LogP contribution in [0.1, 0.15) is 22.9 Å². The van der Waals surface area contributed by atoms with Crippen molar-refractivity contribution in [3.63, 3.8) is 0 Å². The molecule has 140 valence electrons. The maximum atomic E-state index is 10.7. The zero-order chi connectivity index (χ0) is 18.6. The van der Waals surface area contributed by atoms with Gasteiger partial charge in [-0.25, -0.2) is 0 Å². The molecule has 1 N–H and O–H groups in total. The molecule has 1 aliphatic heterocycles. The molecule has 0 bridgehead atoms. The zero-order valence-corrected chi connectivity index (χ0v) is 15.4. The predicted molar refractivity (Wildman–Crippen MR) is 103 cm³/mol. The summed E-state index contributed by atoms with van der Waals surface area (Å²) >= 11 is 0. The average Bonchev–Trinajstić information content (AvgIpc) is 3.31. The van der Waals surface area contributed by atoms with Crippen molar-refractivity contribution < 1.29 is 14.6 Å². The molecule has 2 aromatic carbocycles. The van der Waals surface area contributed by atoms with Crippen molar-refractivity contribution in [2.24, 2.45) is 7.05 Å². The van der Waals surface area contributed by atoms with Crippen LogP contribution in [0.15, 0.2) is 66.9 Å². The van der Waals surface area contributed by atoms with Crippen molar-refractivity contribution >= 4 is 0 Å². The molecule has 0 amide bonds. The summed E-state index contributed by atoms with van der Waals surface area (Å²) in [5.74, 6) is 1.58. The van der Waals surface area contributed by atoms with E-state index in [0.717, 1.165) is 29.2 Å². The fourth-order valence-electron chi connectivity index (χ4n) is 3.40. The number of hydrogen-bond donors (Lipinski definition) is 1. The van der Waals surface area contributed by atoms with E-state index in [2.05, 4.69) is 21.6 Å². The summed E-state index contributed by atoms with van der Waals surface area (Å²) in [6.07, 6.45) is 1.50. The van der Waals surface area contributed by atoms with E-state index in [0.29, 0.717) is 13.1 Å². The van der Waals surface area contributed by atoms with E-state index >= 15 is 0 Å². The Balaban J connectivity index is 1.53. The smallest absolute Gasteiger partial charge is 0.231 e. The molecule has 4 rings (SSSR count). The topological polar surface area (TPSA) is 46.9 Å². The first-order chi connectivity index (χ1) is 13.2. The van der Waals surface area contributed by atoms with E-state index in [4.69, 9.17) is 9.47 Å². The van der Waals surface area contributed by atoms with Gasteiger partial charge in [0, 0.05) is 38.6 Å². The minimum absolute atomic E-state index is 0.276. The van der Waals surface area contributed by atoms with Gasteiger partial charge in [-0.05, 0) is 35.4 Å². The molecule has 1 aromatic heterocycles. The van der Waals surface area contributed by atoms with E-state index in [1.807, 2.05) is 61.8 Å². The third kappa shape index (κ3) is 4.15. The van der Waals surface area contributed by atoms with Crippen molar-refractivity contribution in [1.82, 2.24) is 9.47 Å². The van der Waals surface area contributed by atoms with Gasteiger partial charge < -0.3 is 19.1 Å². The molecule has 0 radical (unpaired) electrons. The number of aromatic nitrogens is 1. The molecule has 3 aromatic rings. The van der Waals surface area contributed by atoms with Gasteiger partial charge >= 0.3 is 0 Å². The summed E-state index contributed by atoms with van der Waals surface area (Å²) in [5.41, 5.74) is 3.27. The lowest BCUT2D eigenvalue weighted by Gasteiger charge is -2.26. The van der Waals surface area contributed by atoms with Gasteiger partial charge in [0.05, 0.1) is 6.10 Å². The van der Waals surface area contributed by atoms with Crippen LogP contribution in [0.2, 0.25) is 0 Å². The SMILES string of the molecule is Cn1cccc1CN(Cc1ccc2c(c1)OCO2)CC(O)c1ccccc1. The Bertz CT molecular complexity index is 892. The van der Waals surface area contributed by atoms with Crippen molar-refractivity contribution in [2.75, 3.05) is 13.3 Å². The number of benzene rings is 2. The van der Waals surface area contributed by atoms with Crippen LogP contribution in [0.25, 0.3) is 0 Å². The van der Waals surface area contributed by atoms with Gasteiger partial charge in [0.2, 0.25) is 6.79 Å². The van der Waals surface area contributed by atoms with Crippen molar-refractivity contribution in [3.8, 4) is 11.5 Å². The molecule has 1 atom stereocenters. The summed E-state index contributed by atoms with van der Waals surface area (Å²) in [5, 5.41) is 10.7. The van der Waals surface area contributed by atoms with Crippen molar-refractivity contribution in [2.45, 2.75) is 19.2 Å². The Morgan fingerprint density at radius 2 is 1.81 bits per heavy atom. The highest BCUT2D eigenvalue weighted by Crippen LogP contribution is 2.33. The van der Waals surface area contributed by atoms with E-state index in [1.165, 1.54) is 5.69 Å². The number of fused-ring (bicyclic) bond motifs is 1. The van der Waals surface area contributed by atoms with Gasteiger partial charge in [0.15, 0.2) is 11.5 Å². The first-order valence-electron chi connectivity index (χ1n) is 9.13. The summed E-state index contributed by atoms with van der Waals surface area (Å²) < 4.78 is 13.0. The number of rotatable bonds is 7. The lowest BCUT2D eigenvalue weighted by molar-refractivity contribution is 0.103. The molecule has 5 heteroatoms. The fraction of sp³-hybridized carbons (Fsp3) is 0.273. The number of aliphatic hydroxyl groups is 1. The van der Waals surface area contributed by atoms with Crippen LogP contribution in [0.5, 0.6) is 11.5 Å². The number of nitrogens with zero attached hydrogens (tertiary/aromatic N) is 2. The van der Waals surface area contributed by atoms with Crippen LogP contribution < -0.4 is 9.47 Å². The average molecular weight is 364 g/mol. The van der Waals surface area contributed by atoms with Gasteiger partial charge in [-0.15, -0.1) is 0 Å². The fourth-order valence-corrected chi connectivity index (χ4v) is 3.40. The molecule has 0 fully saturated rings. The second-order valence-electron chi connectivity index (χ2n) is 6.89. The minimum atomic E-state index is -0.541. The first-order valence-corrected chi connectivity index (χ1v) is 9.13. The third-order valence-electron chi connectivity index (χ3n) is 4.90. The molecular formula is C22H24N2O3. The molecule has 2 heterocycles. The maximum Gasteiger partial charge on any atom is 0.231 e. The number of aryl methyl sites for hydroxylation is 1. The van der Waals surface area contributed by atoms with E-state index in [9.17, 15) is 5.11 Å². The second kappa shape index (κ2) is 7.86. The zero-order valence-electron chi connectivity index (χ0n) is 15.4.